The summed E-state index contributed by atoms with van der Waals surface area (Å²) in [5, 5.41) is 8.76. The van der Waals surface area contributed by atoms with Crippen LogP contribution in [0.2, 0.25) is 0 Å². The van der Waals surface area contributed by atoms with E-state index in [1.54, 1.807) is 0 Å². The van der Waals surface area contributed by atoms with Crippen molar-refractivity contribution in [3.63, 3.8) is 0 Å². The Morgan fingerprint density at radius 2 is 2.00 bits per heavy atom. The number of likely N-dealkylation sites (tertiary alicyclic amines) is 1. The Kier molecular flexibility index (Phi) is 4.95. The van der Waals surface area contributed by atoms with Gasteiger partial charge in [0.25, 0.3) is 0 Å². The van der Waals surface area contributed by atoms with Crippen molar-refractivity contribution in [2.45, 2.75) is 37.8 Å². The van der Waals surface area contributed by atoms with Gasteiger partial charge in [0.2, 0.25) is 5.90 Å². The smallest absolute Gasteiger partial charge is 0.418 e. The number of carbonyl (C=O) groups excluding carboxylic acids is 1. The van der Waals surface area contributed by atoms with Crippen LogP contribution in [0.3, 0.4) is 0 Å². The summed E-state index contributed by atoms with van der Waals surface area (Å²) in [6.07, 6.45) is 3.34. The van der Waals surface area contributed by atoms with Crippen LogP contribution in [0.5, 0.6) is 0 Å². The minimum Gasteiger partial charge on any atom is -0.478 e. The number of urea groups is 1. The number of fused-ring (bicyclic) bond motifs is 2. The number of nitrogens with zero attached hydrogens (tertiary/aromatic N) is 3. The van der Waals surface area contributed by atoms with Crippen LogP contribution in [-0.4, -0.2) is 84.6 Å². The fourth-order valence-corrected chi connectivity index (χ4v) is 3.88. The largest absolute Gasteiger partial charge is 0.478 e. The Hall–Kier alpha value is -1.43. The fourth-order valence-electron chi connectivity index (χ4n) is 3.49. The summed E-state index contributed by atoms with van der Waals surface area (Å²) >= 11 is 0. The van der Waals surface area contributed by atoms with Crippen molar-refractivity contribution < 1.29 is 26.8 Å². The average molecular weight is 362 g/mol. The maximum absolute atomic E-state index is 12.3. The van der Waals surface area contributed by atoms with Crippen molar-refractivity contribution in [1.29, 1.82) is 5.41 Å². The molecule has 0 saturated carbocycles. The van der Waals surface area contributed by atoms with Crippen LogP contribution in [0.4, 0.5) is 4.79 Å². The second-order valence-corrected chi connectivity index (χ2v) is 7.28. The molecule has 0 aromatic heterocycles. The van der Waals surface area contributed by atoms with Crippen molar-refractivity contribution in [3.05, 3.63) is 0 Å². The molecule has 3 aliphatic rings. The van der Waals surface area contributed by atoms with Gasteiger partial charge in [-0.3, -0.25) is 14.9 Å². The Balaban J connectivity index is 1.54. The third-order valence-electron chi connectivity index (χ3n) is 4.66. The van der Waals surface area contributed by atoms with E-state index in [0.717, 1.165) is 19.6 Å². The number of carbonyl (C=O) groups is 1. The Morgan fingerprint density at radius 3 is 2.67 bits per heavy atom. The van der Waals surface area contributed by atoms with Crippen LogP contribution in [-0.2, 0) is 19.4 Å². The van der Waals surface area contributed by atoms with Gasteiger partial charge in [0, 0.05) is 13.1 Å². The second-order valence-electron chi connectivity index (χ2n) is 6.27. The first-order valence-electron chi connectivity index (χ1n) is 8.05. The minimum atomic E-state index is -4.75. The van der Waals surface area contributed by atoms with Crippen molar-refractivity contribution in [3.8, 4) is 0 Å². The van der Waals surface area contributed by atoms with Gasteiger partial charge in [-0.15, -0.1) is 4.28 Å². The molecule has 0 spiro atoms. The summed E-state index contributed by atoms with van der Waals surface area (Å²) in [5.74, 6) is 0.00898. The number of nitrogens with one attached hydrogen (secondary N) is 1. The van der Waals surface area contributed by atoms with E-state index in [4.69, 9.17) is 14.7 Å². The van der Waals surface area contributed by atoms with E-state index in [1.807, 2.05) is 0 Å². The van der Waals surface area contributed by atoms with Gasteiger partial charge in [-0.1, -0.05) is 0 Å². The molecule has 3 saturated heterocycles. The first kappa shape index (κ1) is 17.4. The lowest BCUT2D eigenvalue weighted by Gasteiger charge is -2.30. The Morgan fingerprint density at radius 1 is 1.29 bits per heavy atom. The van der Waals surface area contributed by atoms with Gasteiger partial charge in [0.1, 0.15) is 12.6 Å². The zero-order valence-electron chi connectivity index (χ0n) is 13.3. The van der Waals surface area contributed by atoms with Gasteiger partial charge in [-0.2, -0.15) is 13.5 Å². The lowest BCUT2D eigenvalue weighted by molar-refractivity contribution is -0.0316. The molecule has 2 N–H and O–H groups in total. The number of ether oxygens (including phenoxy) is 1. The normalized spacial score (nSPS) is 27.8. The average Bonchev–Trinajstić information content (AvgIpc) is 3.10. The molecular weight excluding hydrogens is 340 g/mol. The van der Waals surface area contributed by atoms with Crippen molar-refractivity contribution in [1.82, 2.24) is 14.9 Å². The van der Waals surface area contributed by atoms with Crippen molar-refractivity contribution >= 4 is 22.3 Å². The highest BCUT2D eigenvalue weighted by Crippen LogP contribution is 2.31. The molecule has 136 valence electrons. The standard InChI is InChI=1S/C13H22N4O6S/c14-12(22-8-7-15-5-1-2-6-15)11-4-3-10-9-16(11)13(18)17(10)23-24(19,20)21/h10-11,14H,1-9H2,(H,19,20,21)/t10-,11+/m1/s1. The minimum absolute atomic E-state index is 0.00898. The fraction of sp³-hybridized carbons (Fsp3) is 0.846. The molecule has 3 fully saturated rings. The van der Waals surface area contributed by atoms with Crippen LogP contribution in [0, 0.1) is 5.41 Å². The van der Waals surface area contributed by atoms with Gasteiger partial charge >= 0.3 is 16.4 Å². The Labute approximate surface area is 140 Å². The van der Waals surface area contributed by atoms with Gasteiger partial charge in [0.15, 0.2) is 0 Å². The molecule has 3 aliphatic heterocycles. The number of amides is 2. The van der Waals surface area contributed by atoms with E-state index in [0.29, 0.717) is 24.5 Å². The van der Waals surface area contributed by atoms with Crippen LogP contribution in [0.1, 0.15) is 25.7 Å². The molecule has 2 amide bonds. The summed E-state index contributed by atoms with van der Waals surface area (Å²) in [7, 11) is -4.75. The zero-order chi connectivity index (χ0) is 17.3. The molecule has 3 heterocycles. The van der Waals surface area contributed by atoms with Crippen LogP contribution >= 0.6 is 0 Å². The molecule has 24 heavy (non-hydrogen) atoms. The molecule has 11 heteroatoms. The summed E-state index contributed by atoms with van der Waals surface area (Å²) in [6.45, 7) is 3.50. The third kappa shape index (κ3) is 3.79. The number of hydroxylamine groups is 2. The molecule has 0 aromatic rings. The maximum Gasteiger partial charge on any atom is 0.418 e. The van der Waals surface area contributed by atoms with E-state index in [1.165, 1.54) is 17.7 Å². The second kappa shape index (κ2) is 6.82. The molecular formula is C13H22N4O6S. The van der Waals surface area contributed by atoms with Crippen molar-refractivity contribution in [2.75, 3.05) is 32.8 Å². The van der Waals surface area contributed by atoms with Crippen LogP contribution in [0.15, 0.2) is 0 Å². The van der Waals surface area contributed by atoms with E-state index >= 15 is 0 Å². The summed E-state index contributed by atoms with van der Waals surface area (Å²) < 4.78 is 40.3. The number of rotatable bonds is 6. The van der Waals surface area contributed by atoms with E-state index in [2.05, 4.69) is 9.18 Å². The number of piperidine rings is 1. The molecule has 0 aliphatic carbocycles. The molecule has 3 rings (SSSR count). The van der Waals surface area contributed by atoms with Gasteiger partial charge in [-0.05, 0) is 38.8 Å². The molecule has 0 radical (unpaired) electrons. The summed E-state index contributed by atoms with van der Waals surface area (Å²) in [4.78, 5) is 15.9. The van der Waals surface area contributed by atoms with Gasteiger partial charge in [-0.25, -0.2) is 4.79 Å². The molecule has 2 bridgehead atoms. The SMILES string of the molecule is N=C(OCCN1CCCC1)[C@@H]1CC[C@@H]2CN1C(=O)N2OS(=O)(=O)O. The van der Waals surface area contributed by atoms with E-state index in [-0.39, 0.29) is 12.4 Å². The topological polar surface area (TPSA) is 123 Å². The molecule has 0 aromatic carbocycles. The van der Waals surface area contributed by atoms with Gasteiger partial charge in [0.05, 0.1) is 6.04 Å². The maximum atomic E-state index is 12.3. The van der Waals surface area contributed by atoms with E-state index in [9.17, 15) is 13.2 Å². The van der Waals surface area contributed by atoms with Crippen LogP contribution in [0.25, 0.3) is 0 Å². The Bertz CT molecular complexity index is 606. The lowest BCUT2D eigenvalue weighted by atomic mass is 10.0. The summed E-state index contributed by atoms with van der Waals surface area (Å²) in [6, 6.07) is -1.65. The first-order chi connectivity index (χ1) is 11.3. The van der Waals surface area contributed by atoms with Crippen molar-refractivity contribution in [2.24, 2.45) is 0 Å². The highest BCUT2D eigenvalue weighted by Gasteiger charge is 2.48. The number of hydrogen-bond acceptors (Lipinski definition) is 7. The predicted molar refractivity (Wildman–Crippen MR) is 82.7 cm³/mol. The van der Waals surface area contributed by atoms with Crippen LogP contribution < -0.4 is 0 Å². The third-order valence-corrected chi connectivity index (χ3v) is 5.01. The first-order valence-corrected chi connectivity index (χ1v) is 9.42. The quantitative estimate of drug-likeness (QED) is 0.389. The highest BCUT2D eigenvalue weighted by atomic mass is 32.3. The lowest BCUT2D eigenvalue weighted by Crippen LogP contribution is -2.46. The highest BCUT2D eigenvalue weighted by molar-refractivity contribution is 7.80. The predicted octanol–water partition coefficient (Wildman–Crippen LogP) is 0.0791. The number of hydrogen-bond donors (Lipinski definition) is 2. The van der Waals surface area contributed by atoms with E-state index < -0.39 is 28.5 Å². The monoisotopic (exact) mass is 362 g/mol. The van der Waals surface area contributed by atoms with Gasteiger partial charge < -0.3 is 9.64 Å². The zero-order valence-corrected chi connectivity index (χ0v) is 14.1. The molecule has 0 unspecified atom stereocenters. The summed E-state index contributed by atoms with van der Waals surface area (Å²) in [5.41, 5.74) is 0. The molecule has 2 atom stereocenters. The molecule has 10 nitrogen and oxygen atoms in total.